The first-order chi connectivity index (χ1) is 16.5. The minimum atomic E-state index is -0.262. The Hall–Kier alpha value is -4.26. The minimum Gasteiger partial charge on any atom is -0.438 e. The second-order valence-electron chi connectivity index (χ2n) is 7.82. The van der Waals surface area contributed by atoms with Gasteiger partial charge in [0.1, 0.15) is 11.6 Å². The van der Waals surface area contributed by atoms with E-state index in [1.807, 2.05) is 81.4 Å². The topological polar surface area (TPSA) is 89.0 Å². The molecule has 0 aliphatic rings. The fourth-order valence-corrected chi connectivity index (χ4v) is 3.48. The molecule has 0 atom stereocenters. The highest BCUT2D eigenvalue weighted by molar-refractivity contribution is 5.90. The molecule has 2 heterocycles. The van der Waals surface area contributed by atoms with Gasteiger partial charge >= 0.3 is 6.03 Å². The molecule has 0 saturated heterocycles. The zero-order chi connectivity index (χ0) is 23.9. The van der Waals surface area contributed by atoms with Gasteiger partial charge in [-0.2, -0.15) is 0 Å². The molecular weight excluding hydrogens is 426 g/mol. The summed E-state index contributed by atoms with van der Waals surface area (Å²) >= 11 is 0. The second kappa shape index (κ2) is 10.6. The fourth-order valence-electron chi connectivity index (χ4n) is 3.48. The predicted molar refractivity (Wildman–Crippen MR) is 133 cm³/mol. The molecule has 7 heteroatoms. The number of nitrogens with one attached hydrogen (secondary N) is 2. The summed E-state index contributed by atoms with van der Waals surface area (Å²) in [6.45, 7) is 6.38. The van der Waals surface area contributed by atoms with Crippen LogP contribution in [0.5, 0.6) is 11.6 Å². The van der Waals surface area contributed by atoms with Crippen LogP contribution in [0.1, 0.15) is 29.4 Å². The van der Waals surface area contributed by atoms with Gasteiger partial charge in [0.2, 0.25) is 5.88 Å². The number of pyridine rings is 1. The van der Waals surface area contributed by atoms with Crippen LogP contribution in [0.4, 0.5) is 10.5 Å². The smallest absolute Gasteiger partial charge is 0.319 e. The largest absolute Gasteiger partial charge is 0.438 e. The van der Waals surface area contributed by atoms with Crippen molar-refractivity contribution in [2.75, 3.05) is 5.32 Å². The van der Waals surface area contributed by atoms with Gasteiger partial charge in [-0.05, 0) is 60.9 Å². The van der Waals surface area contributed by atoms with E-state index in [1.54, 1.807) is 12.4 Å². The van der Waals surface area contributed by atoms with Crippen molar-refractivity contribution in [1.82, 2.24) is 20.3 Å². The molecular formula is C27H27N5O2. The highest BCUT2D eigenvalue weighted by Gasteiger charge is 2.15. The van der Waals surface area contributed by atoms with Gasteiger partial charge in [-0.1, -0.05) is 37.3 Å². The molecule has 2 aromatic carbocycles. The minimum absolute atomic E-state index is 0.262. The number of ether oxygens (including phenoxy) is 1. The molecule has 0 bridgehead atoms. The number of aromatic nitrogens is 3. The van der Waals surface area contributed by atoms with Crippen LogP contribution in [0.2, 0.25) is 0 Å². The summed E-state index contributed by atoms with van der Waals surface area (Å²) in [5.41, 5.74) is 5.14. The van der Waals surface area contributed by atoms with Crippen molar-refractivity contribution in [3.63, 3.8) is 0 Å². The number of carbonyl (C=O) groups is 1. The Balaban J connectivity index is 1.50. The summed E-state index contributed by atoms with van der Waals surface area (Å²) in [5, 5.41) is 5.80. The third-order valence-corrected chi connectivity index (χ3v) is 5.56. The number of aryl methyl sites for hydroxylation is 1. The Morgan fingerprint density at radius 1 is 0.912 bits per heavy atom. The Kier molecular flexibility index (Phi) is 7.13. The molecule has 7 nitrogen and oxygen atoms in total. The van der Waals surface area contributed by atoms with Crippen LogP contribution in [-0.4, -0.2) is 21.0 Å². The molecule has 0 fully saturated rings. The number of anilines is 1. The maximum Gasteiger partial charge on any atom is 0.319 e. The van der Waals surface area contributed by atoms with Gasteiger partial charge in [0.05, 0.1) is 11.3 Å². The fraction of sp³-hybridized carbons (Fsp3) is 0.185. The molecule has 0 aliphatic carbocycles. The Morgan fingerprint density at radius 3 is 2.53 bits per heavy atom. The summed E-state index contributed by atoms with van der Waals surface area (Å²) < 4.78 is 6.21. The van der Waals surface area contributed by atoms with Crippen LogP contribution in [0.15, 0.2) is 73.1 Å². The number of amides is 2. The summed E-state index contributed by atoms with van der Waals surface area (Å²) in [6.07, 6.45) is 4.18. The van der Waals surface area contributed by atoms with E-state index < -0.39 is 0 Å². The normalized spacial score (nSPS) is 10.6. The first-order valence-corrected chi connectivity index (χ1v) is 11.2. The molecule has 0 saturated carbocycles. The van der Waals surface area contributed by atoms with E-state index in [2.05, 4.69) is 25.6 Å². The van der Waals surface area contributed by atoms with Crippen LogP contribution in [-0.2, 0) is 13.0 Å². The monoisotopic (exact) mass is 453 g/mol. The van der Waals surface area contributed by atoms with Crippen molar-refractivity contribution < 1.29 is 9.53 Å². The number of hydrogen-bond acceptors (Lipinski definition) is 5. The van der Waals surface area contributed by atoms with E-state index in [1.165, 1.54) is 0 Å². The lowest BCUT2D eigenvalue weighted by molar-refractivity contribution is 0.251. The quantitative estimate of drug-likeness (QED) is 0.367. The second-order valence-corrected chi connectivity index (χ2v) is 7.82. The molecule has 0 aliphatic heterocycles. The first-order valence-electron chi connectivity index (χ1n) is 11.2. The molecule has 2 amide bonds. The van der Waals surface area contributed by atoms with Crippen LogP contribution in [0, 0.1) is 13.8 Å². The van der Waals surface area contributed by atoms with Crippen molar-refractivity contribution >= 4 is 11.7 Å². The van der Waals surface area contributed by atoms with Gasteiger partial charge in [-0.15, -0.1) is 0 Å². The lowest BCUT2D eigenvalue weighted by Crippen LogP contribution is -2.28. The van der Waals surface area contributed by atoms with E-state index in [-0.39, 0.29) is 6.03 Å². The van der Waals surface area contributed by atoms with E-state index in [9.17, 15) is 4.79 Å². The molecule has 0 unspecified atom stereocenters. The maximum absolute atomic E-state index is 12.4. The van der Waals surface area contributed by atoms with E-state index in [0.717, 1.165) is 45.9 Å². The maximum atomic E-state index is 12.4. The molecule has 0 spiro atoms. The van der Waals surface area contributed by atoms with Crippen LogP contribution in [0.3, 0.4) is 0 Å². The predicted octanol–water partition coefficient (Wildman–Crippen LogP) is 5.83. The average Bonchev–Trinajstić information content (AvgIpc) is 2.88. The molecule has 2 aromatic heterocycles. The van der Waals surface area contributed by atoms with Gasteiger partial charge in [-0.25, -0.2) is 19.7 Å². The lowest BCUT2D eigenvalue weighted by atomic mass is 10.1. The van der Waals surface area contributed by atoms with Crippen LogP contribution in [0.25, 0.3) is 11.3 Å². The Bertz CT molecular complexity index is 1290. The average molecular weight is 454 g/mol. The van der Waals surface area contributed by atoms with Gasteiger partial charge in [-0.3, -0.25) is 0 Å². The summed E-state index contributed by atoms with van der Waals surface area (Å²) in [6, 6.07) is 18.8. The highest BCUT2D eigenvalue weighted by Crippen LogP contribution is 2.34. The Morgan fingerprint density at radius 2 is 1.74 bits per heavy atom. The number of nitrogens with zero attached hydrogens (tertiary/aromatic N) is 3. The van der Waals surface area contributed by atoms with Crippen molar-refractivity contribution in [3.8, 4) is 22.9 Å². The summed E-state index contributed by atoms with van der Waals surface area (Å²) in [7, 11) is 0. The number of carbonyl (C=O) groups excluding carboxylic acids is 1. The highest BCUT2D eigenvalue weighted by atomic mass is 16.5. The molecule has 4 aromatic rings. The molecule has 2 N–H and O–H groups in total. The third kappa shape index (κ3) is 5.38. The van der Waals surface area contributed by atoms with Crippen LogP contribution < -0.4 is 15.4 Å². The van der Waals surface area contributed by atoms with E-state index in [4.69, 9.17) is 4.74 Å². The Labute approximate surface area is 199 Å². The molecule has 34 heavy (non-hydrogen) atoms. The van der Waals surface area contributed by atoms with Crippen LogP contribution >= 0.6 is 0 Å². The molecule has 4 rings (SSSR count). The number of benzene rings is 2. The zero-order valence-corrected chi connectivity index (χ0v) is 19.5. The van der Waals surface area contributed by atoms with E-state index in [0.29, 0.717) is 18.2 Å². The van der Waals surface area contributed by atoms with Crippen molar-refractivity contribution in [2.24, 2.45) is 0 Å². The zero-order valence-electron chi connectivity index (χ0n) is 19.5. The summed E-state index contributed by atoms with van der Waals surface area (Å²) in [4.78, 5) is 25.7. The third-order valence-electron chi connectivity index (χ3n) is 5.56. The SMILES string of the molecule is CCc1nccc(-c2cccnc2Oc2ccc(NC(=O)NCc3ccccc3)c(C)c2C)n1. The number of urea groups is 1. The molecule has 172 valence electrons. The number of rotatable bonds is 7. The first kappa shape index (κ1) is 22.9. The van der Waals surface area contributed by atoms with Gasteiger partial charge in [0.25, 0.3) is 0 Å². The lowest BCUT2D eigenvalue weighted by Gasteiger charge is -2.16. The standard InChI is InChI=1S/C27H27N5O2/c1-4-25-28-16-14-23(31-25)21-11-8-15-29-26(21)34-24-13-12-22(18(2)19(24)3)32-27(33)30-17-20-9-6-5-7-10-20/h5-16H,4,17H2,1-3H3,(H2,30,32,33). The van der Waals surface area contributed by atoms with Gasteiger partial charge < -0.3 is 15.4 Å². The summed E-state index contributed by atoms with van der Waals surface area (Å²) in [5.74, 6) is 1.89. The molecule has 0 radical (unpaired) electrons. The van der Waals surface area contributed by atoms with Gasteiger partial charge in [0.15, 0.2) is 0 Å². The van der Waals surface area contributed by atoms with Gasteiger partial charge in [0, 0.05) is 31.0 Å². The van der Waals surface area contributed by atoms with Crippen molar-refractivity contribution in [2.45, 2.75) is 33.7 Å². The van der Waals surface area contributed by atoms with Crippen molar-refractivity contribution in [1.29, 1.82) is 0 Å². The van der Waals surface area contributed by atoms with Crippen molar-refractivity contribution in [3.05, 3.63) is 95.6 Å². The van der Waals surface area contributed by atoms with E-state index >= 15 is 0 Å². The number of hydrogen-bond donors (Lipinski definition) is 2.